The molecule has 0 bridgehead atoms. The van der Waals surface area contributed by atoms with Crippen LogP contribution in [0.1, 0.15) is 38.2 Å². The summed E-state index contributed by atoms with van der Waals surface area (Å²) in [6, 6.07) is 7.32. The molecule has 0 spiro atoms. The second-order valence-electron chi connectivity index (χ2n) is 8.70. The van der Waals surface area contributed by atoms with Crippen LogP contribution in [0.4, 0.5) is 18.9 Å². The molecule has 36 heavy (non-hydrogen) atoms. The monoisotopic (exact) mass is 521 g/mol. The second kappa shape index (κ2) is 10.3. The Morgan fingerprint density at radius 3 is 2.36 bits per heavy atom. The number of rotatable bonds is 7. The molecule has 1 aromatic carbocycles. The van der Waals surface area contributed by atoms with E-state index in [0.717, 1.165) is 4.90 Å². The summed E-state index contributed by atoms with van der Waals surface area (Å²) in [5.74, 6) is -4.23. The van der Waals surface area contributed by atoms with Gasteiger partial charge in [0.2, 0.25) is 5.92 Å². The van der Waals surface area contributed by atoms with Crippen LogP contribution in [-0.4, -0.2) is 44.5 Å². The molecular formula is C24H23ClF3N5O3. The van der Waals surface area contributed by atoms with Gasteiger partial charge in [0.15, 0.2) is 11.3 Å². The van der Waals surface area contributed by atoms with Crippen LogP contribution in [-0.2, 0) is 15.1 Å². The van der Waals surface area contributed by atoms with Crippen molar-refractivity contribution in [1.29, 1.82) is 0 Å². The SMILES string of the molecule is C[C@@](C(=O)NC1CCC(F)(F)CC1)(c1cncnc1)N(C(=O)[C@H](F)Cl)c1ccc(-c2ccno2)cc1. The van der Waals surface area contributed by atoms with Crippen molar-refractivity contribution in [2.24, 2.45) is 0 Å². The lowest BCUT2D eigenvalue weighted by atomic mass is 9.87. The molecule has 190 valence electrons. The fourth-order valence-electron chi connectivity index (χ4n) is 4.27. The lowest BCUT2D eigenvalue weighted by Crippen LogP contribution is -2.60. The Morgan fingerprint density at radius 2 is 1.81 bits per heavy atom. The van der Waals surface area contributed by atoms with Crippen LogP contribution in [0.15, 0.2) is 59.8 Å². The Labute approximate surface area is 209 Å². The normalized spacial score (nSPS) is 18.1. The van der Waals surface area contributed by atoms with Crippen molar-refractivity contribution >= 4 is 29.1 Å². The van der Waals surface area contributed by atoms with Gasteiger partial charge in [0, 0.05) is 54.2 Å². The van der Waals surface area contributed by atoms with Crippen LogP contribution in [0.2, 0.25) is 0 Å². The van der Waals surface area contributed by atoms with E-state index >= 15 is 0 Å². The van der Waals surface area contributed by atoms with Gasteiger partial charge in [0.1, 0.15) is 6.33 Å². The largest absolute Gasteiger partial charge is 0.356 e. The number of hydrogen-bond acceptors (Lipinski definition) is 6. The van der Waals surface area contributed by atoms with Gasteiger partial charge in [0.25, 0.3) is 17.4 Å². The van der Waals surface area contributed by atoms with E-state index < -0.39 is 34.9 Å². The quantitative estimate of drug-likeness (QED) is 0.456. The van der Waals surface area contributed by atoms with Crippen LogP contribution >= 0.6 is 11.6 Å². The van der Waals surface area contributed by atoms with E-state index in [1.165, 1.54) is 44.0 Å². The fourth-order valence-corrected chi connectivity index (χ4v) is 4.36. The Hall–Kier alpha value is -3.47. The zero-order valence-corrected chi connectivity index (χ0v) is 20.0. The van der Waals surface area contributed by atoms with Crippen molar-refractivity contribution in [3.05, 3.63) is 60.8 Å². The predicted molar refractivity (Wildman–Crippen MR) is 125 cm³/mol. The average molecular weight is 522 g/mol. The third-order valence-electron chi connectivity index (χ3n) is 6.32. The summed E-state index contributed by atoms with van der Waals surface area (Å²) in [7, 11) is 0. The first kappa shape index (κ1) is 25.6. The molecule has 1 fully saturated rings. The molecule has 0 saturated heterocycles. The van der Waals surface area contributed by atoms with Crippen molar-refractivity contribution in [3.63, 3.8) is 0 Å². The first-order valence-corrected chi connectivity index (χ1v) is 11.6. The molecule has 2 heterocycles. The van der Waals surface area contributed by atoms with Gasteiger partial charge in [-0.1, -0.05) is 16.8 Å². The van der Waals surface area contributed by atoms with Gasteiger partial charge in [-0.15, -0.1) is 0 Å². The number of carbonyl (C=O) groups is 2. The van der Waals surface area contributed by atoms with E-state index in [1.54, 1.807) is 18.2 Å². The van der Waals surface area contributed by atoms with Gasteiger partial charge in [-0.25, -0.2) is 23.1 Å². The summed E-state index contributed by atoms with van der Waals surface area (Å²) in [4.78, 5) is 35.7. The smallest absolute Gasteiger partial charge is 0.278 e. The minimum absolute atomic E-state index is 0.0567. The minimum atomic E-state index is -2.79. The van der Waals surface area contributed by atoms with Gasteiger partial charge >= 0.3 is 0 Å². The summed E-state index contributed by atoms with van der Waals surface area (Å²) < 4.78 is 46.7. The number of amides is 2. The van der Waals surface area contributed by atoms with E-state index in [1.807, 2.05) is 0 Å². The standard InChI is InChI=1S/C24H23ClF3N5O3/c1-23(16-12-29-14-30-13-16,22(35)32-17-6-9-24(27,28)10-7-17)33(21(34)20(25)26)18-4-2-15(3-5-18)19-8-11-31-36-19/h2-5,8,11-14,17,20H,6-7,9-10H2,1H3,(H,32,35)/t20-,23-/m0/s1. The molecule has 2 aromatic heterocycles. The highest BCUT2D eigenvalue weighted by molar-refractivity contribution is 6.32. The number of alkyl halides is 4. The predicted octanol–water partition coefficient (Wildman–Crippen LogP) is 4.61. The van der Waals surface area contributed by atoms with E-state index in [9.17, 15) is 22.8 Å². The Balaban J connectivity index is 1.75. The summed E-state index contributed by atoms with van der Waals surface area (Å²) in [6.45, 7) is 1.40. The summed E-state index contributed by atoms with van der Waals surface area (Å²) in [5, 5.41) is 6.42. The van der Waals surface area contributed by atoms with Crippen molar-refractivity contribution in [2.75, 3.05) is 4.90 Å². The molecule has 4 rings (SSSR count). The van der Waals surface area contributed by atoms with E-state index in [2.05, 4.69) is 20.4 Å². The van der Waals surface area contributed by atoms with Crippen molar-refractivity contribution in [1.82, 2.24) is 20.4 Å². The molecule has 1 N–H and O–H groups in total. The molecule has 1 saturated carbocycles. The molecule has 1 aliphatic carbocycles. The zero-order chi connectivity index (χ0) is 25.9. The number of halogens is 4. The number of aromatic nitrogens is 3. The highest BCUT2D eigenvalue weighted by atomic mass is 35.5. The van der Waals surface area contributed by atoms with Crippen LogP contribution in [0.25, 0.3) is 11.3 Å². The molecule has 1 aliphatic rings. The van der Waals surface area contributed by atoms with E-state index in [-0.39, 0.29) is 36.9 Å². The molecule has 0 radical (unpaired) electrons. The maximum Gasteiger partial charge on any atom is 0.278 e. The summed E-state index contributed by atoms with van der Waals surface area (Å²) >= 11 is 5.58. The van der Waals surface area contributed by atoms with Gasteiger partial charge in [-0.2, -0.15) is 0 Å². The number of carbonyl (C=O) groups excluding carboxylic acids is 2. The molecule has 0 unspecified atom stereocenters. The van der Waals surface area contributed by atoms with Crippen molar-refractivity contribution < 1.29 is 27.3 Å². The molecule has 0 aliphatic heterocycles. The first-order chi connectivity index (χ1) is 17.1. The maximum atomic E-state index is 14.3. The second-order valence-corrected chi connectivity index (χ2v) is 9.08. The first-order valence-electron chi connectivity index (χ1n) is 11.2. The van der Waals surface area contributed by atoms with Crippen LogP contribution in [0.3, 0.4) is 0 Å². The van der Waals surface area contributed by atoms with Crippen LogP contribution in [0, 0.1) is 0 Å². The Bertz CT molecular complexity index is 1190. The number of nitrogens with one attached hydrogen (secondary N) is 1. The lowest BCUT2D eigenvalue weighted by molar-refractivity contribution is -0.132. The van der Waals surface area contributed by atoms with Crippen molar-refractivity contribution in [2.45, 2.75) is 55.7 Å². The molecule has 3 aromatic rings. The van der Waals surface area contributed by atoms with Gasteiger partial charge in [-0.05, 0) is 44.0 Å². The zero-order valence-electron chi connectivity index (χ0n) is 19.2. The average Bonchev–Trinajstić information content (AvgIpc) is 3.41. The highest BCUT2D eigenvalue weighted by Crippen LogP contribution is 2.37. The third kappa shape index (κ3) is 5.20. The lowest BCUT2D eigenvalue weighted by Gasteiger charge is -2.41. The Kier molecular flexibility index (Phi) is 7.30. The molecular weight excluding hydrogens is 499 g/mol. The number of benzene rings is 1. The maximum absolute atomic E-state index is 14.3. The van der Waals surface area contributed by atoms with Crippen LogP contribution in [0.5, 0.6) is 0 Å². The highest BCUT2D eigenvalue weighted by Gasteiger charge is 2.48. The molecule has 2 atom stereocenters. The molecule has 2 amide bonds. The number of anilines is 1. The van der Waals surface area contributed by atoms with E-state index in [0.29, 0.717) is 11.3 Å². The fraction of sp³-hybridized carbons (Fsp3) is 0.375. The molecule has 8 nitrogen and oxygen atoms in total. The summed E-state index contributed by atoms with van der Waals surface area (Å²) in [6.07, 6.45) is 4.73. The molecule has 12 heteroatoms. The van der Waals surface area contributed by atoms with E-state index in [4.69, 9.17) is 16.1 Å². The van der Waals surface area contributed by atoms with Crippen LogP contribution < -0.4 is 10.2 Å². The third-order valence-corrected chi connectivity index (χ3v) is 6.51. The Morgan fingerprint density at radius 1 is 1.17 bits per heavy atom. The van der Waals surface area contributed by atoms with Gasteiger partial charge < -0.3 is 9.84 Å². The topological polar surface area (TPSA) is 101 Å². The van der Waals surface area contributed by atoms with Gasteiger partial charge in [0.05, 0.1) is 6.20 Å². The minimum Gasteiger partial charge on any atom is -0.356 e. The number of hydrogen-bond donors (Lipinski definition) is 1. The number of nitrogens with zero attached hydrogens (tertiary/aromatic N) is 4. The summed E-state index contributed by atoms with van der Waals surface area (Å²) in [5.41, 5.74) is -3.38. The van der Waals surface area contributed by atoms with Gasteiger partial charge in [-0.3, -0.25) is 14.5 Å². The van der Waals surface area contributed by atoms with Crippen molar-refractivity contribution in [3.8, 4) is 11.3 Å².